The summed E-state index contributed by atoms with van der Waals surface area (Å²) < 4.78 is 40.4. The van der Waals surface area contributed by atoms with Crippen molar-refractivity contribution in [3.8, 4) is 0 Å². The quantitative estimate of drug-likeness (QED) is 0.516. The second-order valence-electron chi connectivity index (χ2n) is 8.84. The number of rotatable bonds is 5. The Morgan fingerprint density at radius 2 is 1.11 bits per heavy atom. The number of halogens is 3. The van der Waals surface area contributed by atoms with Crippen LogP contribution in [0.25, 0.3) is 0 Å². The van der Waals surface area contributed by atoms with Crippen molar-refractivity contribution in [3.05, 3.63) is 101 Å². The molecule has 0 spiro atoms. The molecule has 5 nitrogen and oxygen atoms in total. The third kappa shape index (κ3) is 4.72. The molecule has 0 bridgehead atoms. The van der Waals surface area contributed by atoms with E-state index in [1.54, 1.807) is 24.3 Å². The third-order valence-corrected chi connectivity index (χ3v) is 6.73. The highest BCUT2D eigenvalue weighted by atomic mass is 19.1. The first-order valence-corrected chi connectivity index (χ1v) is 11.5. The van der Waals surface area contributed by atoms with Crippen LogP contribution in [0, 0.1) is 17.5 Å². The summed E-state index contributed by atoms with van der Waals surface area (Å²) in [5.74, 6) is -1.69. The average Bonchev–Trinajstić information content (AvgIpc) is 3.16. The van der Waals surface area contributed by atoms with Gasteiger partial charge in [0.2, 0.25) is 5.91 Å². The topological polar surface area (TPSA) is 43.9 Å². The van der Waals surface area contributed by atoms with Crippen molar-refractivity contribution < 1.29 is 22.8 Å². The van der Waals surface area contributed by atoms with Gasteiger partial charge in [-0.05, 0) is 59.7 Å². The Hall–Kier alpha value is -3.49. The van der Waals surface area contributed by atoms with Crippen molar-refractivity contribution in [3.63, 3.8) is 0 Å². The van der Waals surface area contributed by atoms with Crippen LogP contribution in [0.1, 0.15) is 23.6 Å². The average molecular weight is 480 g/mol. The second kappa shape index (κ2) is 9.64. The molecule has 5 rings (SSSR count). The van der Waals surface area contributed by atoms with E-state index in [4.69, 9.17) is 0 Å². The molecule has 0 radical (unpaired) electrons. The maximum absolute atomic E-state index is 13.6. The predicted molar refractivity (Wildman–Crippen MR) is 125 cm³/mol. The van der Waals surface area contributed by atoms with E-state index in [9.17, 15) is 22.8 Å². The Labute approximate surface area is 201 Å². The van der Waals surface area contributed by atoms with E-state index in [-0.39, 0.29) is 35.9 Å². The molecule has 3 aromatic carbocycles. The normalized spacial score (nSPS) is 19.7. The number of piperazine rings is 1. The van der Waals surface area contributed by atoms with Crippen molar-refractivity contribution in [2.75, 3.05) is 31.1 Å². The van der Waals surface area contributed by atoms with Crippen LogP contribution in [-0.2, 0) is 9.59 Å². The number of hydrogen-bond acceptors (Lipinski definition) is 4. The Kier molecular flexibility index (Phi) is 6.40. The molecule has 2 aliphatic heterocycles. The van der Waals surface area contributed by atoms with Crippen LogP contribution in [0.5, 0.6) is 0 Å². The first-order chi connectivity index (χ1) is 16.9. The fourth-order valence-corrected chi connectivity index (χ4v) is 4.97. The fraction of sp³-hybridized carbons (Fsp3) is 0.259. The number of nitrogens with zero attached hydrogens (tertiary/aromatic N) is 3. The van der Waals surface area contributed by atoms with Crippen LogP contribution in [0.15, 0.2) is 72.8 Å². The smallest absolute Gasteiger partial charge is 0.251 e. The number of anilines is 1. The van der Waals surface area contributed by atoms with Gasteiger partial charge in [-0.15, -0.1) is 0 Å². The van der Waals surface area contributed by atoms with Gasteiger partial charge >= 0.3 is 0 Å². The minimum Gasteiger partial charge on any atom is -0.290 e. The number of carbonyl (C=O) groups is 2. The molecule has 2 saturated heterocycles. The van der Waals surface area contributed by atoms with Gasteiger partial charge in [0, 0.05) is 26.2 Å². The first-order valence-electron chi connectivity index (χ1n) is 11.5. The van der Waals surface area contributed by atoms with E-state index in [0.29, 0.717) is 31.9 Å². The maximum atomic E-state index is 13.6. The molecule has 2 fully saturated rings. The lowest BCUT2D eigenvalue weighted by atomic mass is 9.96. The van der Waals surface area contributed by atoms with Crippen molar-refractivity contribution in [1.82, 2.24) is 9.80 Å². The van der Waals surface area contributed by atoms with Gasteiger partial charge in [-0.3, -0.25) is 19.4 Å². The summed E-state index contributed by atoms with van der Waals surface area (Å²) in [6.07, 6.45) is 0.0789. The Balaban J connectivity index is 1.32. The van der Waals surface area contributed by atoms with Gasteiger partial charge in [0.25, 0.3) is 5.91 Å². The number of amides is 2. The second-order valence-corrected chi connectivity index (χ2v) is 8.84. The lowest BCUT2D eigenvalue weighted by Crippen LogP contribution is -2.53. The Bertz CT molecular complexity index is 1160. The largest absolute Gasteiger partial charge is 0.290 e. The van der Waals surface area contributed by atoms with Gasteiger partial charge < -0.3 is 0 Å². The molecular formula is C27H24F3N3O2. The Morgan fingerprint density at radius 3 is 1.60 bits per heavy atom. The summed E-state index contributed by atoms with van der Waals surface area (Å²) in [6.45, 7) is 2.32. The number of hydrogen-bond donors (Lipinski definition) is 0. The standard InChI is InChI=1S/C27H24F3N3O2/c28-20-5-1-18(2-6-20)26(19-3-7-21(29)8-4-19)32-15-13-31(14-16-32)24-17-25(34)33(27(24)35)23-11-9-22(30)10-12-23/h1-12,24,26H,13-17H2/t24-/m0/s1. The SMILES string of the molecule is O=C1C[C@H](N2CCN(C(c3ccc(F)cc3)c3ccc(F)cc3)CC2)C(=O)N1c1ccc(F)cc1. The molecule has 2 heterocycles. The van der Waals surface area contributed by atoms with Crippen LogP contribution in [-0.4, -0.2) is 53.8 Å². The van der Waals surface area contributed by atoms with E-state index in [1.165, 1.54) is 48.5 Å². The van der Waals surface area contributed by atoms with E-state index in [2.05, 4.69) is 4.90 Å². The van der Waals surface area contributed by atoms with E-state index < -0.39 is 11.9 Å². The summed E-state index contributed by atoms with van der Waals surface area (Å²) in [7, 11) is 0. The summed E-state index contributed by atoms with van der Waals surface area (Å²) in [5, 5.41) is 0. The van der Waals surface area contributed by atoms with Crippen molar-refractivity contribution in [1.29, 1.82) is 0 Å². The van der Waals surface area contributed by atoms with Crippen molar-refractivity contribution >= 4 is 17.5 Å². The predicted octanol–water partition coefficient (Wildman–Crippen LogP) is 4.14. The fourth-order valence-electron chi connectivity index (χ4n) is 4.97. The zero-order valence-corrected chi connectivity index (χ0v) is 18.9. The molecule has 35 heavy (non-hydrogen) atoms. The van der Waals surface area contributed by atoms with Gasteiger partial charge in [-0.2, -0.15) is 0 Å². The monoisotopic (exact) mass is 479 g/mol. The molecular weight excluding hydrogens is 455 g/mol. The summed E-state index contributed by atoms with van der Waals surface area (Å²) in [4.78, 5) is 31.1. The summed E-state index contributed by atoms with van der Waals surface area (Å²) in [6, 6.07) is 17.1. The molecule has 8 heteroatoms. The number of carbonyl (C=O) groups excluding carboxylic acids is 2. The lowest BCUT2D eigenvalue weighted by Gasteiger charge is -2.41. The third-order valence-electron chi connectivity index (χ3n) is 6.73. The lowest BCUT2D eigenvalue weighted by molar-refractivity contribution is -0.123. The van der Waals surface area contributed by atoms with Crippen molar-refractivity contribution in [2.24, 2.45) is 0 Å². The van der Waals surface area contributed by atoms with Gasteiger partial charge in [0.15, 0.2) is 0 Å². The summed E-state index contributed by atoms with van der Waals surface area (Å²) in [5.41, 5.74) is 2.15. The van der Waals surface area contributed by atoms with Gasteiger partial charge in [-0.1, -0.05) is 24.3 Å². The minimum atomic E-state index is -0.565. The van der Waals surface area contributed by atoms with Crippen LogP contribution >= 0.6 is 0 Å². The number of benzene rings is 3. The van der Waals surface area contributed by atoms with Gasteiger partial charge in [-0.25, -0.2) is 18.1 Å². The highest BCUT2D eigenvalue weighted by Crippen LogP contribution is 2.32. The maximum Gasteiger partial charge on any atom is 0.251 e. The molecule has 0 N–H and O–H groups in total. The van der Waals surface area contributed by atoms with Gasteiger partial charge in [0.1, 0.15) is 17.5 Å². The van der Waals surface area contributed by atoms with Crippen LogP contribution in [0.4, 0.5) is 18.9 Å². The molecule has 0 saturated carbocycles. The highest BCUT2D eigenvalue weighted by Gasteiger charge is 2.43. The molecule has 2 amide bonds. The van der Waals surface area contributed by atoms with E-state index >= 15 is 0 Å². The molecule has 0 aromatic heterocycles. The first kappa shape index (κ1) is 23.3. The van der Waals surface area contributed by atoms with E-state index in [0.717, 1.165) is 16.0 Å². The van der Waals surface area contributed by atoms with Crippen LogP contribution < -0.4 is 4.90 Å². The molecule has 0 unspecified atom stereocenters. The van der Waals surface area contributed by atoms with E-state index in [1.807, 2.05) is 4.90 Å². The molecule has 0 aliphatic carbocycles. The zero-order chi connectivity index (χ0) is 24.5. The van der Waals surface area contributed by atoms with Crippen LogP contribution in [0.2, 0.25) is 0 Å². The minimum absolute atomic E-state index is 0.0789. The van der Waals surface area contributed by atoms with Crippen molar-refractivity contribution in [2.45, 2.75) is 18.5 Å². The summed E-state index contributed by atoms with van der Waals surface area (Å²) >= 11 is 0. The molecule has 1 atom stereocenters. The van der Waals surface area contributed by atoms with Gasteiger partial charge in [0.05, 0.1) is 24.2 Å². The molecule has 2 aliphatic rings. The Morgan fingerprint density at radius 1 is 0.657 bits per heavy atom. The van der Waals surface area contributed by atoms with Crippen LogP contribution in [0.3, 0.4) is 0 Å². The highest BCUT2D eigenvalue weighted by molar-refractivity contribution is 6.22. The molecule has 180 valence electrons. The number of imide groups is 1. The molecule has 3 aromatic rings. The zero-order valence-electron chi connectivity index (χ0n) is 18.9.